The molecule has 2 rings (SSSR count). The Morgan fingerprint density at radius 1 is 0.750 bits per heavy atom. The summed E-state index contributed by atoms with van der Waals surface area (Å²) in [7, 11) is 0. The molecule has 0 fully saturated rings. The maximum absolute atomic E-state index is 5.93. The number of ether oxygens (including phenoxy) is 1. The molecular formula is C23H30O. The van der Waals surface area contributed by atoms with E-state index in [2.05, 4.69) is 62.4 Å². The van der Waals surface area contributed by atoms with Gasteiger partial charge in [-0.2, -0.15) is 0 Å². The maximum atomic E-state index is 5.93. The molecule has 2 aromatic rings. The molecule has 0 N–H and O–H groups in total. The highest BCUT2D eigenvalue weighted by Crippen LogP contribution is 2.23. The van der Waals surface area contributed by atoms with Gasteiger partial charge in [-0.1, -0.05) is 75.9 Å². The van der Waals surface area contributed by atoms with Gasteiger partial charge in [-0.25, -0.2) is 0 Å². The maximum Gasteiger partial charge on any atom is 0.127 e. The van der Waals surface area contributed by atoms with Crippen LogP contribution in [0.2, 0.25) is 0 Å². The van der Waals surface area contributed by atoms with Crippen LogP contribution in [0.1, 0.15) is 63.5 Å². The van der Waals surface area contributed by atoms with Crippen LogP contribution in [0.5, 0.6) is 11.5 Å². The Morgan fingerprint density at radius 2 is 1.42 bits per heavy atom. The van der Waals surface area contributed by atoms with Crippen molar-refractivity contribution < 1.29 is 4.74 Å². The van der Waals surface area contributed by atoms with Crippen molar-refractivity contribution in [3.05, 3.63) is 65.7 Å². The van der Waals surface area contributed by atoms with Crippen LogP contribution in [-0.2, 0) is 6.42 Å². The van der Waals surface area contributed by atoms with Crippen LogP contribution in [0.3, 0.4) is 0 Å². The lowest BCUT2D eigenvalue weighted by atomic mass is 10.1. The van der Waals surface area contributed by atoms with E-state index in [9.17, 15) is 0 Å². The third-order valence-electron chi connectivity index (χ3n) is 4.12. The lowest BCUT2D eigenvalue weighted by molar-refractivity contribution is 0.482. The topological polar surface area (TPSA) is 9.23 Å². The highest BCUT2D eigenvalue weighted by Gasteiger charge is 1.99. The second kappa shape index (κ2) is 10.7. The summed E-state index contributed by atoms with van der Waals surface area (Å²) in [5.74, 6) is 1.79. The predicted octanol–water partition coefficient (Wildman–Crippen LogP) is 7.42. The Kier molecular flexibility index (Phi) is 8.17. The number of rotatable bonds is 10. The highest BCUT2D eigenvalue weighted by molar-refractivity contribution is 5.50. The molecule has 1 nitrogen and oxygen atoms in total. The van der Waals surface area contributed by atoms with Crippen LogP contribution in [0.15, 0.2) is 54.6 Å². The number of unbranched alkanes of at least 4 members (excludes halogenated alkanes) is 4. The van der Waals surface area contributed by atoms with Crippen molar-refractivity contribution in [2.45, 2.75) is 58.8 Å². The summed E-state index contributed by atoms with van der Waals surface area (Å²) in [5, 5.41) is 0. The summed E-state index contributed by atoms with van der Waals surface area (Å²) in [6.45, 7) is 4.44. The highest BCUT2D eigenvalue weighted by atomic mass is 16.5. The minimum Gasteiger partial charge on any atom is -0.457 e. The molecule has 128 valence electrons. The summed E-state index contributed by atoms with van der Waals surface area (Å²) < 4.78 is 5.93. The van der Waals surface area contributed by atoms with Gasteiger partial charge < -0.3 is 4.74 Å². The molecule has 24 heavy (non-hydrogen) atoms. The molecule has 0 aliphatic rings. The van der Waals surface area contributed by atoms with Crippen LogP contribution in [0.4, 0.5) is 0 Å². The van der Waals surface area contributed by atoms with Gasteiger partial charge in [0, 0.05) is 0 Å². The Hall–Kier alpha value is -2.02. The summed E-state index contributed by atoms with van der Waals surface area (Å²) in [4.78, 5) is 0. The first kappa shape index (κ1) is 18.3. The van der Waals surface area contributed by atoms with Gasteiger partial charge >= 0.3 is 0 Å². The van der Waals surface area contributed by atoms with E-state index >= 15 is 0 Å². The molecule has 0 unspecified atom stereocenters. The second-order valence-corrected chi connectivity index (χ2v) is 6.32. The van der Waals surface area contributed by atoms with Crippen molar-refractivity contribution in [1.82, 2.24) is 0 Å². The normalized spacial score (nSPS) is 11.1. The molecule has 0 bridgehead atoms. The Balaban J connectivity index is 1.84. The largest absolute Gasteiger partial charge is 0.457 e. The molecule has 0 aliphatic heterocycles. The van der Waals surface area contributed by atoms with Crippen molar-refractivity contribution in [3.63, 3.8) is 0 Å². The first-order chi connectivity index (χ1) is 11.8. The average molecular weight is 322 g/mol. The molecule has 0 atom stereocenters. The van der Waals surface area contributed by atoms with Crippen molar-refractivity contribution in [2.75, 3.05) is 0 Å². The number of aryl methyl sites for hydroxylation is 1. The zero-order chi connectivity index (χ0) is 17.0. The van der Waals surface area contributed by atoms with Crippen LogP contribution in [0, 0.1) is 0 Å². The number of hydrogen-bond acceptors (Lipinski definition) is 1. The van der Waals surface area contributed by atoms with E-state index in [-0.39, 0.29) is 0 Å². The number of allylic oxidation sites excluding steroid dienone is 1. The van der Waals surface area contributed by atoms with Crippen molar-refractivity contribution >= 4 is 6.08 Å². The molecule has 0 spiro atoms. The standard InChI is InChI=1S/C23H30O/c1-3-5-7-9-11-21-14-18-23(19-15-21)24-22-16-12-20(13-17-22)10-8-6-4-2/h8,10,12-19H,3-7,9,11H2,1-2H3/b10-8+. The summed E-state index contributed by atoms with van der Waals surface area (Å²) in [6.07, 6.45) is 13.1. The smallest absolute Gasteiger partial charge is 0.127 e. The Bertz CT molecular complexity index is 593. The zero-order valence-corrected chi connectivity index (χ0v) is 15.1. The minimum absolute atomic E-state index is 0.887. The monoisotopic (exact) mass is 322 g/mol. The predicted molar refractivity (Wildman–Crippen MR) is 105 cm³/mol. The fraction of sp³-hybridized carbons (Fsp3) is 0.391. The van der Waals surface area contributed by atoms with Crippen LogP contribution < -0.4 is 4.74 Å². The van der Waals surface area contributed by atoms with E-state index in [1.807, 2.05) is 12.1 Å². The summed E-state index contributed by atoms with van der Waals surface area (Å²) in [6, 6.07) is 16.8. The quantitative estimate of drug-likeness (QED) is 0.414. The number of hydrogen-bond donors (Lipinski definition) is 0. The lowest BCUT2D eigenvalue weighted by Crippen LogP contribution is -1.88. The Morgan fingerprint density at radius 3 is 2.04 bits per heavy atom. The average Bonchev–Trinajstić information content (AvgIpc) is 2.62. The van der Waals surface area contributed by atoms with E-state index in [0.717, 1.165) is 17.9 Å². The summed E-state index contributed by atoms with van der Waals surface area (Å²) in [5.41, 5.74) is 2.62. The molecule has 2 aromatic carbocycles. The molecule has 0 saturated heterocycles. The van der Waals surface area contributed by atoms with Crippen LogP contribution in [0.25, 0.3) is 6.08 Å². The van der Waals surface area contributed by atoms with Crippen LogP contribution in [-0.4, -0.2) is 0 Å². The molecule has 0 aliphatic carbocycles. The van der Waals surface area contributed by atoms with E-state index < -0.39 is 0 Å². The molecular weight excluding hydrogens is 292 g/mol. The fourth-order valence-corrected chi connectivity index (χ4v) is 2.65. The first-order valence-corrected chi connectivity index (χ1v) is 9.35. The molecule has 0 saturated carbocycles. The van der Waals surface area contributed by atoms with E-state index in [4.69, 9.17) is 4.74 Å². The third-order valence-corrected chi connectivity index (χ3v) is 4.12. The lowest BCUT2D eigenvalue weighted by Gasteiger charge is -2.07. The number of benzene rings is 2. The van der Waals surface area contributed by atoms with Gasteiger partial charge in [-0.3, -0.25) is 0 Å². The van der Waals surface area contributed by atoms with Gasteiger partial charge in [0.15, 0.2) is 0 Å². The van der Waals surface area contributed by atoms with Crippen molar-refractivity contribution in [1.29, 1.82) is 0 Å². The van der Waals surface area contributed by atoms with Gasteiger partial charge in [0.2, 0.25) is 0 Å². The van der Waals surface area contributed by atoms with E-state index in [0.29, 0.717) is 0 Å². The molecule has 0 radical (unpaired) electrons. The summed E-state index contributed by atoms with van der Waals surface area (Å²) >= 11 is 0. The van der Waals surface area contributed by atoms with E-state index in [1.54, 1.807) is 0 Å². The zero-order valence-electron chi connectivity index (χ0n) is 15.1. The second-order valence-electron chi connectivity index (χ2n) is 6.32. The fourth-order valence-electron chi connectivity index (χ4n) is 2.65. The van der Waals surface area contributed by atoms with E-state index in [1.165, 1.54) is 49.7 Å². The minimum atomic E-state index is 0.887. The Labute approximate surface area is 147 Å². The molecule has 0 aromatic heterocycles. The van der Waals surface area contributed by atoms with Gasteiger partial charge in [0.25, 0.3) is 0 Å². The van der Waals surface area contributed by atoms with Crippen LogP contribution >= 0.6 is 0 Å². The molecule has 0 amide bonds. The van der Waals surface area contributed by atoms with Gasteiger partial charge in [0.05, 0.1) is 0 Å². The van der Waals surface area contributed by atoms with Gasteiger partial charge in [-0.15, -0.1) is 0 Å². The third kappa shape index (κ3) is 6.62. The van der Waals surface area contributed by atoms with Gasteiger partial charge in [-0.05, 0) is 54.7 Å². The van der Waals surface area contributed by atoms with Crippen molar-refractivity contribution in [2.24, 2.45) is 0 Å². The van der Waals surface area contributed by atoms with Crippen molar-refractivity contribution in [3.8, 4) is 11.5 Å². The first-order valence-electron chi connectivity index (χ1n) is 9.35. The SMILES string of the molecule is CCC/C=C/c1ccc(Oc2ccc(CCCCCC)cc2)cc1. The molecule has 0 heterocycles. The van der Waals surface area contributed by atoms with Gasteiger partial charge in [0.1, 0.15) is 11.5 Å². The molecule has 1 heteroatoms.